The van der Waals surface area contributed by atoms with E-state index in [0.717, 1.165) is 128 Å². The third kappa shape index (κ3) is 64.9. The van der Waals surface area contributed by atoms with Crippen LogP contribution in [0.25, 0.3) is 0 Å². The molecule has 0 amide bonds. The van der Waals surface area contributed by atoms with Gasteiger partial charge in [0, 0.05) is 19.3 Å². The van der Waals surface area contributed by atoms with Crippen LogP contribution in [0, 0.1) is 0 Å². The van der Waals surface area contributed by atoms with Gasteiger partial charge in [0.1, 0.15) is 13.2 Å². The topological polar surface area (TPSA) is 78.9 Å². The van der Waals surface area contributed by atoms with Crippen LogP contribution in [0.15, 0.2) is 109 Å². The van der Waals surface area contributed by atoms with Gasteiger partial charge in [-0.2, -0.15) is 0 Å². The van der Waals surface area contributed by atoms with Crippen LogP contribution in [0.1, 0.15) is 323 Å². The van der Waals surface area contributed by atoms with Crippen LogP contribution in [0.4, 0.5) is 0 Å². The van der Waals surface area contributed by atoms with E-state index in [9.17, 15) is 14.4 Å². The first-order chi connectivity index (χ1) is 39.5. The Bertz CT molecular complexity index is 1610. The number of unbranched alkanes of at least 4 members (excludes halogenated alkanes) is 32. The smallest absolute Gasteiger partial charge is 0.306 e. The van der Waals surface area contributed by atoms with Crippen LogP contribution < -0.4 is 0 Å². The summed E-state index contributed by atoms with van der Waals surface area (Å²) in [4.78, 5) is 38.3. The first-order valence-electron chi connectivity index (χ1n) is 33.9. The summed E-state index contributed by atoms with van der Waals surface area (Å²) in [6.45, 7) is 6.41. The number of hydrogen-bond acceptors (Lipinski definition) is 6. The first-order valence-corrected chi connectivity index (χ1v) is 33.9. The van der Waals surface area contributed by atoms with E-state index in [0.29, 0.717) is 19.3 Å². The lowest BCUT2D eigenvalue weighted by Gasteiger charge is -2.18. The lowest BCUT2D eigenvalue weighted by molar-refractivity contribution is -0.167. The van der Waals surface area contributed by atoms with E-state index in [1.165, 1.54) is 154 Å². The van der Waals surface area contributed by atoms with E-state index < -0.39 is 6.10 Å². The fourth-order valence-corrected chi connectivity index (χ4v) is 9.48. The van der Waals surface area contributed by atoms with Gasteiger partial charge in [0.2, 0.25) is 0 Å². The van der Waals surface area contributed by atoms with Gasteiger partial charge < -0.3 is 14.2 Å². The largest absolute Gasteiger partial charge is 0.462 e. The highest BCUT2D eigenvalue weighted by Gasteiger charge is 2.19. The minimum atomic E-state index is -0.795. The molecule has 0 bridgehead atoms. The monoisotopic (exact) mass is 1110 g/mol. The Morgan fingerprint density at radius 3 is 0.775 bits per heavy atom. The Morgan fingerprint density at radius 1 is 0.263 bits per heavy atom. The van der Waals surface area contributed by atoms with Crippen molar-refractivity contribution in [3.63, 3.8) is 0 Å². The Morgan fingerprint density at radius 2 is 0.487 bits per heavy atom. The highest BCUT2D eigenvalue weighted by atomic mass is 16.6. The minimum absolute atomic E-state index is 0.0887. The fraction of sp³-hybridized carbons (Fsp3) is 0.716. The molecule has 1 atom stereocenters. The van der Waals surface area contributed by atoms with Crippen LogP contribution in [0.5, 0.6) is 0 Å². The summed E-state index contributed by atoms with van der Waals surface area (Å²) in [6, 6.07) is 0. The number of carbonyl (C=O) groups is 3. The number of rotatable bonds is 61. The Labute approximate surface area is 495 Å². The highest BCUT2D eigenvalue weighted by molar-refractivity contribution is 5.71. The molecule has 0 aliphatic heterocycles. The van der Waals surface area contributed by atoms with Crippen molar-refractivity contribution in [3.05, 3.63) is 109 Å². The summed E-state index contributed by atoms with van der Waals surface area (Å²) in [5, 5.41) is 0. The molecule has 0 aromatic rings. The van der Waals surface area contributed by atoms with E-state index in [4.69, 9.17) is 14.2 Å². The molecule has 0 spiro atoms. The van der Waals surface area contributed by atoms with Crippen molar-refractivity contribution in [2.75, 3.05) is 13.2 Å². The van der Waals surface area contributed by atoms with Gasteiger partial charge in [0.15, 0.2) is 6.10 Å². The van der Waals surface area contributed by atoms with Gasteiger partial charge in [0.05, 0.1) is 0 Å². The van der Waals surface area contributed by atoms with Crippen molar-refractivity contribution in [2.24, 2.45) is 0 Å². The zero-order valence-electron chi connectivity index (χ0n) is 52.6. The van der Waals surface area contributed by atoms with Crippen molar-refractivity contribution in [1.29, 1.82) is 0 Å². The number of hydrogen-bond donors (Lipinski definition) is 0. The molecule has 6 heteroatoms. The molecule has 0 aliphatic rings. The predicted molar refractivity (Wildman–Crippen MR) is 348 cm³/mol. The van der Waals surface area contributed by atoms with Crippen LogP contribution in [-0.2, 0) is 28.6 Å². The van der Waals surface area contributed by atoms with E-state index in [1.54, 1.807) is 0 Å². The maximum Gasteiger partial charge on any atom is 0.306 e. The second kappa shape index (κ2) is 67.6. The number of allylic oxidation sites excluding steroid dienone is 18. The fourth-order valence-electron chi connectivity index (χ4n) is 9.48. The third-order valence-corrected chi connectivity index (χ3v) is 14.5. The zero-order chi connectivity index (χ0) is 57.8. The standard InChI is InChI=1S/C74H126O6/c1-4-7-10-13-16-19-22-25-28-30-31-32-33-34-35-36-37-38-39-40-41-42-43-45-46-49-52-55-58-61-64-67-73(76)79-70-71(69-78-72(75)66-63-60-57-54-51-48-27-24-21-18-15-12-9-6-3)80-74(77)68-65-62-59-56-53-50-47-44-29-26-23-20-17-14-11-8-5-2/h7-8,10-11,16-17,19-20,24-29,31-32,47,50,71H,4-6,9,12-15,18,21-23,30,33-46,48-49,51-70H2,1-3H3/b10-7-,11-8-,19-16-,20-17-,27-24-,28-25-,29-26-,32-31-,50-47-. The van der Waals surface area contributed by atoms with E-state index in [2.05, 4.69) is 130 Å². The van der Waals surface area contributed by atoms with Crippen LogP contribution in [-0.4, -0.2) is 37.2 Å². The van der Waals surface area contributed by atoms with Crippen molar-refractivity contribution >= 4 is 17.9 Å². The van der Waals surface area contributed by atoms with Crippen molar-refractivity contribution in [2.45, 2.75) is 329 Å². The molecule has 0 aromatic heterocycles. The van der Waals surface area contributed by atoms with Gasteiger partial charge in [-0.3, -0.25) is 14.4 Å². The highest BCUT2D eigenvalue weighted by Crippen LogP contribution is 2.17. The summed E-state index contributed by atoms with van der Waals surface area (Å²) >= 11 is 0. The second-order valence-corrected chi connectivity index (χ2v) is 22.3. The molecule has 0 saturated heterocycles. The van der Waals surface area contributed by atoms with Gasteiger partial charge in [-0.25, -0.2) is 0 Å². The van der Waals surface area contributed by atoms with Gasteiger partial charge in [-0.1, -0.05) is 291 Å². The molecule has 0 rings (SSSR count). The molecule has 1 unspecified atom stereocenters. The summed E-state index contributed by atoms with van der Waals surface area (Å²) in [5.41, 5.74) is 0. The molecule has 0 heterocycles. The van der Waals surface area contributed by atoms with Gasteiger partial charge in [-0.05, 0) is 122 Å². The predicted octanol–water partition coefficient (Wildman–Crippen LogP) is 23.4. The third-order valence-electron chi connectivity index (χ3n) is 14.5. The van der Waals surface area contributed by atoms with E-state index >= 15 is 0 Å². The lowest BCUT2D eigenvalue weighted by atomic mass is 10.0. The quantitative estimate of drug-likeness (QED) is 0.0261. The average molecular weight is 1110 g/mol. The van der Waals surface area contributed by atoms with Crippen LogP contribution in [0.3, 0.4) is 0 Å². The number of esters is 3. The Hall–Kier alpha value is -3.93. The summed E-state index contributed by atoms with van der Waals surface area (Å²) in [7, 11) is 0. The Balaban J connectivity index is 4.24. The SMILES string of the molecule is CC/C=C\C/C=C\C/C=C\C/C=C\CCCCCCCCCCCCCCCCCCCCC(=O)OCC(COC(=O)CCCCCCC/C=C\CCCCCCC)OC(=O)CCCCCC/C=C\C/C=C\C/C=C\C/C=C\CC. The first kappa shape index (κ1) is 76.1. The average Bonchev–Trinajstić information content (AvgIpc) is 3.46. The van der Waals surface area contributed by atoms with Gasteiger partial charge in [0.25, 0.3) is 0 Å². The maximum atomic E-state index is 12.9. The van der Waals surface area contributed by atoms with Crippen LogP contribution >= 0.6 is 0 Å². The van der Waals surface area contributed by atoms with Gasteiger partial charge >= 0.3 is 17.9 Å². The molecule has 0 saturated carbocycles. The summed E-state index contributed by atoms with van der Waals surface area (Å²) < 4.78 is 16.9. The van der Waals surface area contributed by atoms with E-state index in [1.807, 2.05) is 0 Å². The second-order valence-electron chi connectivity index (χ2n) is 22.3. The molecule has 458 valence electrons. The zero-order valence-corrected chi connectivity index (χ0v) is 52.6. The summed E-state index contributed by atoms with van der Waals surface area (Å²) in [6.07, 6.45) is 92.6. The molecular weight excluding hydrogens is 985 g/mol. The van der Waals surface area contributed by atoms with Crippen LogP contribution in [0.2, 0.25) is 0 Å². The summed E-state index contributed by atoms with van der Waals surface area (Å²) in [5.74, 6) is -0.910. The molecule has 0 fully saturated rings. The molecule has 80 heavy (non-hydrogen) atoms. The molecular formula is C74H126O6. The molecule has 0 aliphatic carbocycles. The number of carbonyl (C=O) groups excluding carboxylic acids is 3. The van der Waals surface area contributed by atoms with E-state index in [-0.39, 0.29) is 31.1 Å². The maximum absolute atomic E-state index is 12.9. The molecule has 0 radical (unpaired) electrons. The van der Waals surface area contributed by atoms with Gasteiger partial charge in [-0.15, -0.1) is 0 Å². The minimum Gasteiger partial charge on any atom is -0.462 e. The number of ether oxygens (including phenoxy) is 3. The van der Waals surface area contributed by atoms with Crippen molar-refractivity contribution in [1.82, 2.24) is 0 Å². The molecule has 0 aromatic carbocycles. The Kier molecular flexibility index (Phi) is 64.3. The normalized spacial score (nSPS) is 12.8. The van der Waals surface area contributed by atoms with Crippen molar-refractivity contribution < 1.29 is 28.6 Å². The molecule has 6 nitrogen and oxygen atoms in total. The lowest BCUT2D eigenvalue weighted by Crippen LogP contribution is -2.30. The molecule has 0 N–H and O–H groups in total. The van der Waals surface area contributed by atoms with Crippen molar-refractivity contribution in [3.8, 4) is 0 Å².